The van der Waals surface area contributed by atoms with Crippen LogP contribution in [0.1, 0.15) is 6.92 Å². The zero-order chi connectivity index (χ0) is 16.4. The summed E-state index contributed by atoms with van der Waals surface area (Å²) in [7, 11) is 0. The maximum Gasteiger partial charge on any atom is 0.326 e. The second-order valence-corrected chi connectivity index (χ2v) is 6.65. The molecule has 0 aliphatic carbocycles. The summed E-state index contributed by atoms with van der Waals surface area (Å²) >= 11 is 6.82. The van der Waals surface area contributed by atoms with E-state index < -0.39 is 0 Å². The third-order valence-corrected chi connectivity index (χ3v) is 4.22. The molecule has 3 aromatic rings. The summed E-state index contributed by atoms with van der Waals surface area (Å²) in [5, 5.41) is 0. The number of benzene rings is 1. The molecule has 7 heteroatoms. The highest BCUT2D eigenvalue weighted by Gasteiger charge is 2.17. The Balaban J connectivity index is 2.14. The van der Waals surface area contributed by atoms with Gasteiger partial charge < -0.3 is 9.30 Å². The van der Waals surface area contributed by atoms with E-state index in [1.165, 1.54) is 0 Å². The molecule has 0 aliphatic heterocycles. The third kappa shape index (κ3) is 3.45. The Morgan fingerprint density at radius 1 is 1.22 bits per heavy atom. The molecule has 118 valence electrons. The standard InChI is InChI=1S/C16H13Br2N3O2/c1-2-23-15(22)9-21-14-6-4-10(17)7-13(14)20-16(21)12-5-3-11(18)8-19-12/h3-8H,2,9H2,1H3. The molecule has 1 aromatic carbocycles. The number of nitrogens with zero attached hydrogens (tertiary/aromatic N) is 3. The third-order valence-electron chi connectivity index (χ3n) is 3.26. The van der Waals surface area contributed by atoms with Gasteiger partial charge in [0.25, 0.3) is 0 Å². The largest absolute Gasteiger partial charge is 0.465 e. The van der Waals surface area contributed by atoms with E-state index in [-0.39, 0.29) is 12.5 Å². The maximum absolute atomic E-state index is 12.0. The Labute approximate surface area is 149 Å². The van der Waals surface area contributed by atoms with Crippen LogP contribution >= 0.6 is 31.9 Å². The molecule has 5 nitrogen and oxygen atoms in total. The van der Waals surface area contributed by atoms with Crippen LogP contribution in [0.25, 0.3) is 22.6 Å². The fourth-order valence-corrected chi connectivity index (χ4v) is 2.89. The lowest BCUT2D eigenvalue weighted by Gasteiger charge is -2.08. The van der Waals surface area contributed by atoms with E-state index in [0.717, 1.165) is 20.0 Å². The summed E-state index contributed by atoms with van der Waals surface area (Å²) < 4.78 is 8.72. The zero-order valence-corrected chi connectivity index (χ0v) is 15.5. The Bertz CT molecular complexity index is 860. The Hall–Kier alpha value is -1.73. The van der Waals surface area contributed by atoms with Gasteiger partial charge in [-0.25, -0.2) is 4.98 Å². The van der Waals surface area contributed by atoms with Crippen molar-refractivity contribution in [3.8, 4) is 11.5 Å². The van der Waals surface area contributed by atoms with Gasteiger partial charge in [0.1, 0.15) is 12.2 Å². The van der Waals surface area contributed by atoms with Crippen LogP contribution in [-0.2, 0) is 16.1 Å². The van der Waals surface area contributed by atoms with E-state index in [1.807, 2.05) is 34.9 Å². The highest BCUT2D eigenvalue weighted by molar-refractivity contribution is 9.10. The van der Waals surface area contributed by atoms with Gasteiger partial charge in [-0.3, -0.25) is 9.78 Å². The molecule has 0 radical (unpaired) electrons. The van der Waals surface area contributed by atoms with Gasteiger partial charge in [0, 0.05) is 15.1 Å². The summed E-state index contributed by atoms with van der Waals surface area (Å²) in [6.45, 7) is 2.24. The van der Waals surface area contributed by atoms with Crippen molar-refractivity contribution in [3.63, 3.8) is 0 Å². The minimum absolute atomic E-state index is 0.0963. The number of hydrogen-bond donors (Lipinski definition) is 0. The van der Waals surface area contributed by atoms with Crippen LogP contribution in [0.3, 0.4) is 0 Å². The van der Waals surface area contributed by atoms with E-state index in [4.69, 9.17) is 4.74 Å². The number of imidazole rings is 1. The number of rotatable bonds is 4. The molecular formula is C16H13Br2N3O2. The summed E-state index contributed by atoms with van der Waals surface area (Å²) in [5.41, 5.74) is 2.36. The van der Waals surface area contributed by atoms with Crippen molar-refractivity contribution in [2.45, 2.75) is 13.5 Å². The number of esters is 1. The summed E-state index contributed by atoms with van der Waals surface area (Å²) in [6.07, 6.45) is 1.71. The van der Waals surface area contributed by atoms with E-state index >= 15 is 0 Å². The Kier molecular flexibility index (Phi) is 4.77. The number of carbonyl (C=O) groups excluding carboxylic acids is 1. The molecule has 0 fully saturated rings. The Morgan fingerprint density at radius 2 is 2.00 bits per heavy atom. The summed E-state index contributed by atoms with van der Waals surface area (Å²) in [5.74, 6) is 0.340. The predicted octanol–water partition coefficient (Wildman–Crippen LogP) is 4.19. The predicted molar refractivity (Wildman–Crippen MR) is 95.0 cm³/mol. The van der Waals surface area contributed by atoms with Gasteiger partial charge in [-0.05, 0) is 53.2 Å². The summed E-state index contributed by atoms with van der Waals surface area (Å²) in [4.78, 5) is 21.0. The van der Waals surface area contributed by atoms with Crippen LogP contribution < -0.4 is 0 Å². The Morgan fingerprint density at radius 3 is 2.70 bits per heavy atom. The summed E-state index contributed by atoms with van der Waals surface area (Å²) in [6, 6.07) is 9.52. The number of aromatic nitrogens is 3. The van der Waals surface area contributed by atoms with Crippen molar-refractivity contribution in [3.05, 3.63) is 45.5 Å². The van der Waals surface area contributed by atoms with Crippen molar-refractivity contribution >= 4 is 48.9 Å². The SMILES string of the molecule is CCOC(=O)Cn1c(-c2ccc(Br)cn2)nc2cc(Br)ccc21. The molecule has 0 spiro atoms. The number of fused-ring (bicyclic) bond motifs is 1. The van der Waals surface area contributed by atoms with Crippen molar-refractivity contribution < 1.29 is 9.53 Å². The molecule has 0 saturated carbocycles. The van der Waals surface area contributed by atoms with Gasteiger partial charge in [0.2, 0.25) is 0 Å². The highest BCUT2D eigenvalue weighted by Crippen LogP contribution is 2.26. The number of halogens is 2. The van der Waals surface area contributed by atoms with Crippen LogP contribution in [0.5, 0.6) is 0 Å². The molecule has 0 amide bonds. The number of ether oxygens (including phenoxy) is 1. The molecule has 2 aromatic heterocycles. The first kappa shape index (κ1) is 16.1. The molecule has 0 unspecified atom stereocenters. The first-order valence-corrected chi connectivity index (χ1v) is 8.60. The second kappa shape index (κ2) is 6.80. The average molecular weight is 439 g/mol. The lowest BCUT2D eigenvalue weighted by Crippen LogP contribution is -2.14. The molecule has 0 aliphatic rings. The molecular weight excluding hydrogens is 426 g/mol. The van der Waals surface area contributed by atoms with Gasteiger partial charge in [-0.1, -0.05) is 15.9 Å². The first-order chi connectivity index (χ1) is 11.1. The quantitative estimate of drug-likeness (QED) is 0.573. The molecule has 0 saturated heterocycles. The van der Waals surface area contributed by atoms with Gasteiger partial charge in [-0.15, -0.1) is 0 Å². The molecule has 0 bridgehead atoms. The normalized spacial score (nSPS) is 10.9. The van der Waals surface area contributed by atoms with Crippen LogP contribution in [0.2, 0.25) is 0 Å². The van der Waals surface area contributed by atoms with Crippen molar-refractivity contribution in [2.75, 3.05) is 6.61 Å². The topological polar surface area (TPSA) is 57.0 Å². The fourth-order valence-electron chi connectivity index (χ4n) is 2.30. The fraction of sp³-hybridized carbons (Fsp3) is 0.188. The molecule has 2 heterocycles. The van der Waals surface area contributed by atoms with Crippen LogP contribution in [0, 0.1) is 0 Å². The number of carbonyl (C=O) groups is 1. The molecule has 0 N–H and O–H groups in total. The molecule has 3 rings (SSSR count). The van der Waals surface area contributed by atoms with Gasteiger partial charge in [0.15, 0.2) is 5.82 Å². The number of pyridine rings is 1. The zero-order valence-electron chi connectivity index (χ0n) is 12.3. The maximum atomic E-state index is 12.0. The van der Waals surface area contributed by atoms with E-state index in [0.29, 0.717) is 18.1 Å². The van der Waals surface area contributed by atoms with Crippen molar-refractivity contribution in [2.24, 2.45) is 0 Å². The lowest BCUT2D eigenvalue weighted by atomic mass is 10.3. The van der Waals surface area contributed by atoms with Gasteiger partial charge in [0.05, 0.1) is 17.6 Å². The highest BCUT2D eigenvalue weighted by atomic mass is 79.9. The van der Waals surface area contributed by atoms with Crippen LogP contribution in [0.15, 0.2) is 45.5 Å². The first-order valence-electron chi connectivity index (χ1n) is 7.02. The monoisotopic (exact) mass is 437 g/mol. The number of hydrogen-bond acceptors (Lipinski definition) is 4. The lowest BCUT2D eigenvalue weighted by molar-refractivity contribution is -0.143. The van der Waals surface area contributed by atoms with Crippen molar-refractivity contribution in [1.29, 1.82) is 0 Å². The second-order valence-electron chi connectivity index (χ2n) is 4.82. The van der Waals surface area contributed by atoms with Gasteiger partial charge in [-0.2, -0.15) is 0 Å². The minimum atomic E-state index is -0.298. The van der Waals surface area contributed by atoms with Crippen molar-refractivity contribution in [1.82, 2.24) is 14.5 Å². The van der Waals surface area contributed by atoms with E-state index in [9.17, 15) is 4.79 Å². The van der Waals surface area contributed by atoms with E-state index in [1.54, 1.807) is 13.1 Å². The van der Waals surface area contributed by atoms with Gasteiger partial charge >= 0.3 is 5.97 Å². The van der Waals surface area contributed by atoms with Crippen LogP contribution in [0.4, 0.5) is 0 Å². The smallest absolute Gasteiger partial charge is 0.326 e. The van der Waals surface area contributed by atoms with E-state index in [2.05, 4.69) is 41.8 Å². The molecule has 23 heavy (non-hydrogen) atoms. The molecule has 0 atom stereocenters. The average Bonchev–Trinajstić information content (AvgIpc) is 2.86. The van der Waals surface area contributed by atoms with Crippen LogP contribution in [-0.4, -0.2) is 27.1 Å². The minimum Gasteiger partial charge on any atom is -0.465 e.